The zero-order valence-corrected chi connectivity index (χ0v) is 15.0. The maximum Gasteiger partial charge on any atom is 0.146 e. The molecule has 1 aliphatic rings. The van der Waals surface area contributed by atoms with E-state index in [1.54, 1.807) is 6.07 Å². The number of nitrogens with zero attached hydrogens (tertiary/aromatic N) is 2. The van der Waals surface area contributed by atoms with Crippen LogP contribution in [0.25, 0.3) is 11.3 Å². The summed E-state index contributed by atoms with van der Waals surface area (Å²) in [5, 5.41) is 7.41. The van der Waals surface area contributed by atoms with Crippen LogP contribution in [0.4, 0.5) is 10.1 Å². The fourth-order valence-electron chi connectivity index (χ4n) is 3.63. The van der Waals surface area contributed by atoms with Gasteiger partial charge in [0.2, 0.25) is 0 Å². The number of benzene rings is 2. The predicted molar refractivity (Wildman–Crippen MR) is 102 cm³/mol. The Morgan fingerprint density at radius 3 is 2.54 bits per heavy atom. The molecule has 0 radical (unpaired) electrons. The first-order valence-electron chi connectivity index (χ1n) is 9.13. The molecule has 0 saturated carbocycles. The molecule has 134 valence electrons. The first-order chi connectivity index (χ1) is 12.7. The summed E-state index contributed by atoms with van der Waals surface area (Å²) in [5.41, 5.74) is 5.49. The Morgan fingerprint density at radius 2 is 1.81 bits per heavy atom. The van der Waals surface area contributed by atoms with Gasteiger partial charge in [0.05, 0.1) is 49.3 Å². The molecule has 1 saturated heterocycles. The number of para-hydroxylation sites is 1. The van der Waals surface area contributed by atoms with Gasteiger partial charge in [-0.2, -0.15) is 5.10 Å². The Hall–Kier alpha value is -2.66. The van der Waals surface area contributed by atoms with Gasteiger partial charge < -0.3 is 9.80 Å². The van der Waals surface area contributed by atoms with Gasteiger partial charge in [0.15, 0.2) is 0 Å². The topological polar surface area (TPSA) is 36.4 Å². The molecule has 1 aliphatic heterocycles. The summed E-state index contributed by atoms with van der Waals surface area (Å²) in [5.74, 6) is -0.132. The van der Waals surface area contributed by atoms with Gasteiger partial charge in [-0.05, 0) is 19.1 Å². The fraction of sp³-hybridized carbons (Fsp3) is 0.286. The molecule has 0 amide bonds. The van der Waals surface area contributed by atoms with Crippen molar-refractivity contribution in [2.24, 2.45) is 0 Å². The lowest BCUT2D eigenvalue weighted by Crippen LogP contribution is -3.13. The summed E-state index contributed by atoms with van der Waals surface area (Å²) in [4.78, 5) is 3.65. The Balaban J connectivity index is 1.42. The minimum atomic E-state index is -0.132. The number of aromatic nitrogens is 2. The molecule has 1 fully saturated rings. The Kier molecular flexibility index (Phi) is 4.71. The zero-order valence-electron chi connectivity index (χ0n) is 15.0. The van der Waals surface area contributed by atoms with Crippen molar-refractivity contribution < 1.29 is 9.29 Å². The monoisotopic (exact) mass is 351 g/mol. The first kappa shape index (κ1) is 16.8. The third-order valence-electron chi connectivity index (χ3n) is 5.16. The number of nitrogens with one attached hydrogen (secondary N) is 2. The van der Waals surface area contributed by atoms with Gasteiger partial charge in [-0.1, -0.05) is 42.0 Å². The quantitative estimate of drug-likeness (QED) is 0.757. The van der Waals surface area contributed by atoms with Gasteiger partial charge in [0.1, 0.15) is 12.4 Å². The number of rotatable bonds is 4. The van der Waals surface area contributed by atoms with E-state index in [0.29, 0.717) is 0 Å². The summed E-state index contributed by atoms with van der Waals surface area (Å²) < 4.78 is 14.0. The number of H-pyrrole nitrogens is 1. The number of hydrogen-bond acceptors (Lipinski definition) is 2. The van der Waals surface area contributed by atoms with Crippen molar-refractivity contribution in [2.45, 2.75) is 13.5 Å². The van der Waals surface area contributed by atoms with E-state index in [9.17, 15) is 4.39 Å². The van der Waals surface area contributed by atoms with Crippen LogP contribution in [0.15, 0.2) is 54.7 Å². The molecule has 2 aromatic carbocycles. The molecule has 0 aliphatic carbocycles. The van der Waals surface area contributed by atoms with E-state index < -0.39 is 0 Å². The van der Waals surface area contributed by atoms with Crippen LogP contribution in [0.2, 0.25) is 0 Å². The highest BCUT2D eigenvalue weighted by molar-refractivity contribution is 5.62. The molecule has 2 N–H and O–H groups in total. The molecular formula is C21H24FN4+. The normalized spacial score (nSPS) is 15.4. The highest BCUT2D eigenvalue weighted by Gasteiger charge is 2.23. The van der Waals surface area contributed by atoms with Crippen LogP contribution in [0.5, 0.6) is 0 Å². The van der Waals surface area contributed by atoms with Crippen LogP contribution in [0, 0.1) is 12.7 Å². The molecule has 26 heavy (non-hydrogen) atoms. The van der Waals surface area contributed by atoms with Gasteiger partial charge >= 0.3 is 0 Å². The molecule has 3 aromatic rings. The fourth-order valence-corrected chi connectivity index (χ4v) is 3.63. The second-order valence-electron chi connectivity index (χ2n) is 7.00. The number of aryl methyl sites for hydroxylation is 1. The maximum atomic E-state index is 14.0. The van der Waals surface area contributed by atoms with E-state index >= 15 is 0 Å². The standard InChI is InChI=1S/C21H23FN4/c1-16-6-8-17(9-7-16)21-18(14-23-24-21)15-25-10-12-26(13-11-25)20-5-3-2-4-19(20)22/h2-9,14H,10-13,15H2,1H3,(H,23,24)/p+1. The summed E-state index contributed by atoms with van der Waals surface area (Å²) >= 11 is 0. The predicted octanol–water partition coefficient (Wildman–Crippen LogP) is 2.43. The second-order valence-corrected chi connectivity index (χ2v) is 7.00. The highest BCUT2D eigenvalue weighted by atomic mass is 19.1. The van der Waals surface area contributed by atoms with Crippen molar-refractivity contribution in [3.8, 4) is 11.3 Å². The van der Waals surface area contributed by atoms with Crippen molar-refractivity contribution in [2.75, 3.05) is 31.1 Å². The van der Waals surface area contributed by atoms with Crippen molar-refractivity contribution in [3.05, 3.63) is 71.7 Å². The van der Waals surface area contributed by atoms with Crippen molar-refractivity contribution >= 4 is 5.69 Å². The average molecular weight is 351 g/mol. The molecular weight excluding hydrogens is 327 g/mol. The Morgan fingerprint density at radius 1 is 1.08 bits per heavy atom. The second kappa shape index (κ2) is 7.30. The third-order valence-corrected chi connectivity index (χ3v) is 5.16. The van der Waals surface area contributed by atoms with Crippen LogP contribution >= 0.6 is 0 Å². The largest absolute Gasteiger partial charge is 0.358 e. The zero-order chi connectivity index (χ0) is 17.9. The van der Waals surface area contributed by atoms with Crippen LogP contribution in [-0.4, -0.2) is 36.4 Å². The van der Waals surface area contributed by atoms with Crippen LogP contribution in [-0.2, 0) is 6.54 Å². The number of piperazine rings is 1. The van der Waals surface area contributed by atoms with Gasteiger partial charge in [0.25, 0.3) is 0 Å². The summed E-state index contributed by atoms with van der Waals surface area (Å²) in [7, 11) is 0. The number of aromatic amines is 1. The van der Waals surface area contributed by atoms with E-state index in [0.717, 1.165) is 44.1 Å². The third kappa shape index (κ3) is 3.48. The number of halogens is 1. The number of anilines is 1. The van der Waals surface area contributed by atoms with Crippen molar-refractivity contribution in [1.82, 2.24) is 10.2 Å². The van der Waals surface area contributed by atoms with E-state index in [1.807, 2.05) is 18.3 Å². The first-order valence-corrected chi connectivity index (χ1v) is 9.13. The molecule has 0 atom stereocenters. The van der Waals surface area contributed by atoms with Gasteiger partial charge in [-0.15, -0.1) is 0 Å². The molecule has 0 unspecified atom stereocenters. The molecule has 4 rings (SSSR count). The number of quaternary nitrogens is 1. The van der Waals surface area contributed by atoms with E-state index in [2.05, 4.69) is 46.3 Å². The smallest absolute Gasteiger partial charge is 0.146 e. The molecule has 0 spiro atoms. The molecule has 2 heterocycles. The van der Waals surface area contributed by atoms with Crippen LogP contribution in [0.1, 0.15) is 11.1 Å². The summed E-state index contributed by atoms with van der Waals surface area (Å²) in [6.07, 6.45) is 1.94. The van der Waals surface area contributed by atoms with Gasteiger partial charge in [-0.25, -0.2) is 4.39 Å². The minimum Gasteiger partial charge on any atom is -0.358 e. The Bertz CT molecular complexity index is 864. The Labute approximate surface area is 153 Å². The lowest BCUT2D eigenvalue weighted by Gasteiger charge is -2.33. The lowest BCUT2D eigenvalue weighted by atomic mass is 10.1. The van der Waals surface area contributed by atoms with Crippen LogP contribution in [0.3, 0.4) is 0 Å². The molecule has 1 aromatic heterocycles. The molecule has 4 nitrogen and oxygen atoms in total. The van der Waals surface area contributed by atoms with E-state index in [4.69, 9.17) is 0 Å². The molecule has 5 heteroatoms. The molecule has 0 bridgehead atoms. The van der Waals surface area contributed by atoms with Gasteiger partial charge in [-0.3, -0.25) is 5.10 Å². The van der Waals surface area contributed by atoms with Crippen molar-refractivity contribution in [1.29, 1.82) is 0 Å². The average Bonchev–Trinajstić information content (AvgIpc) is 3.12. The SMILES string of the molecule is Cc1ccc(-c2[nH]ncc2C[NH+]2CCN(c3ccccc3F)CC2)cc1. The van der Waals surface area contributed by atoms with Crippen molar-refractivity contribution in [3.63, 3.8) is 0 Å². The minimum absolute atomic E-state index is 0.132. The summed E-state index contributed by atoms with van der Waals surface area (Å²) in [6.45, 7) is 6.75. The lowest BCUT2D eigenvalue weighted by molar-refractivity contribution is -0.914. The summed E-state index contributed by atoms with van der Waals surface area (Å²) in [6, 6.07) is 15.6. The maximum absolute atomic E-state index is 14.0. The van der Waals surface area contributed by atoms with Crippen LogP contribution < -0.4 is 9.80 Å². The van der Waals surface area contributed by atoms with E-state index in [1.165, 1.54) is 27.7 Å². The number of hydrogen-bond donors (Lipinski definition) is 2. The highest BCUT2D eigenvalue weighted by Crippen LogP contribution is 2.21. The van der Waals surface area contributed by atoms with Gasteiger partial charge in [0, 0.05) is 5.56 Å². The van der Waals surface area contributed by atoms with E-state index in [-0.39, 0.29) is 5.82 Å².